The number of likely N-dealkylation sites (tertiary alicyclic amines) is 1. The van der Waals surface area contributed by atoms with Crippen molar-refractivity contribution >= 4 is 51.4 Å². The number of anilines is 2. The van der Waals surface area contributed by atoms with Crippen molar-refractivity contribution in [2.24, 2.45) is 10.9 Å². The summed E-state index contributed by atoms with van der Waals surface area (Å²) in [7, 11) is 1.60. The molecule has 364 valence electrons. The van der Waals surface area contributed by atoms with Crippen LogP contribution in [-0.2, 0) is 24.6 Å². The van der Waals surface area contributed by atoms with Gasteiger partial charge >= 0.3 is 0 Å². The van der Waals surface area contributed by atoms with Gasteiger partial charge in [-0.1, -0.05) is 56.0 Å². The van der Waals surface area contributed by atoms with Crippen LogP contribution in [0.4, 0.5) is 11.5 Å². The van der Waals surface area contributed by atoms with Gasteiger partial charge in [-0.25, -0.2) is 19.9 Å². The number of aromatic nitrogens is 4. The van der Waals surface area contributed by atoms with Crippen LogP contribution in [0.5, 0.6) is 17.4 Å². The molecule has 0 radical (unpaired) electrons. The summed E-state index contributed by atoms with van der Waals surface area (Å²) in [4.78, 5) is 48.6. The van der Waals surface area contributed by atoms with E-state index in [0.717, 1.165) is 27.4 Å². The number of fused-ring (bicyclic) bond motifs is 1. The fourth-order valence-electron chi connectivity index (χ4n) is 8.21. The molecule has 1 saturated heterocycles. The third-order valence-electron chi connectivity index (χ3n) is 11.8. The van der Waals surface area contributed by atoms with Crippen LogP contribution >= 0.6 is 11.3 Å². The quantitative estimate of drug-likeness (QED) is 0.0592. The van der Waals surface area contributed by atoms with Crippen LogP contribution in [0.15, 0.2) is 88.1 Å². The molecule has 3 N–H and O–H groups in total. The van der Waals surface area contributed by atoms with Gasteiger partial charge in [0.25, 0.3) is 11.8 Å². The van der Waals surface area contributed by atoms with Crippen LogP contribution in [0.25, 0.3) is 21.3 Å². The molecular weight excluding hydrogens is 925 g/mol. The zero-order chi connectivity index (χ0) is 49.9. The van der Waals surface area contributed by atoms with E-state index < -0.39 is 23.6 Å². The molecule has 17 nitrogen and oxygen atoms in total. The molecule has 0 spiro atoms. The summed E-state index contributed by atoms with van der Waals surface area (Å²) in [5, 5.41) is 21.8. The number of aliphatic imine (C=N–C) groups is 1. The van der Waals surface area contributed by atoms with Crippen molar-refractivity contribution < 1.29 is 42.9 Å². The second-order valence-electron chi connectivity index (χ2n) is 17.1. The number of β-amino-alcohol motifs (C(OH)–C–C–N with tert-alkyl or cyclic N) is 1. The highest BCUT2D eigenvalue weighted by atomic mass is 32.1. The Kier molecular flexibility index (Phi) is 15.9. The number of carbonyl (C=O) groups excluding carboxylic acids is 2. The average molecular weight is 977 g/mol. The maximum atomic E-state index is 14.3. The number of amides is 2. The van der Waals surface area contributed by atoms with Crippen LogP contribution in [0.2, 0.25) is 0 Å². The van der Waals surface area contributed by atoms with Gasteiger partial charge in [0.15, 0.2) is 29.4 Å². The lowest BCUT2D eigenvalue weighted by atomic mass is 9.91. The number of ether oxygens (including phenoxy) is 5. The summed E-state index contributed by atoms with van der Waals surface area (Å²) < 4.78 is 34.2. The van der Waals surface area contributed by atoms with Gasteiger partial charge in [0, 0.05) is 48.8 Å². The van der Waals surface area contributed by atoms with E-state index in [4.69, 9.17) is 39.6 Å². The molecule has 0 aliphatic carbocycles. The maximum absolute atomic E-state index is 14.3. The Morgan fingerprint density at radius 3 is 2.52 bits per heavy atom. The smallest absolute Gasteiger partial charge is 0.257 e. The van der Waals surface area contributed by atoms with Crippen LogP contribution in [0.1, 0.15) is 55.7 Å². The Balaban J connectivity index is 0.826. The van der Waals surface area contributed by atoms with Gasteiger partial charge < -0.3 is 48.8 Å². The highest BCUT2D eigenvalue weighted by Gasteiger charge is 2.48. The molecular formula is C53H52N8O9S. The summed E-state index contributed by atoms with van der Waals surface area (Å²) in [6.07, 6.45) is 6.46. The third-order valence-corrected chi connectivity index (χ3v) is 12.8. The van der Waals surface area contributed by atoms with Crippen LogP contribution in [0, 0.1) is 48.9 Å². The van der Waals surface area contributed by atoms with Crippen molar-refractivity contribution in [1.29, 1.82) is 0 Å². The number of nitrogens with zero attached hydrogens (tertiary/aromatic N) is 6. The zero-order valence-corrected chi connectivity index (χ0v) is 40.7. The molecule has 5 heterocycles. The number of terminal acetylenes is 1. The fourth-order valence-corrected chi connectivity index (χ4v) is 9.02. The second kappa shape index (κ2) is 22.8. The van der Waals surface area contributed by atoms with E-state index in [0.29, 0.717) is 58.6 Å². The number of aryl methyl sites for hydroxylation is 1. The second-order valence-corrected chi connectivity index (χ2v) is 17.9. The molecule has 2 aliphatic heterocycles. The number of rotatable bonds is 19. The minimum atomic E-state index is -1.23. The van der Waals surface area contributed by atoms with Gasteiger partial charge in [-0.15, -0.1) is 17.8 Å². The van der Waals surface area contributed by atoms with E-state index in [1.54, 1.807) is 47.9 Å². The zero-order valence-electron chi connectivity index (χ0n) is 39.9. The molecule has 0 saturated carbocycles. The maximum Gasteiger partial charge on any atom is 0.257 e. The third kappa shape index (κ3) is 11.6. The molecule has 3 aromatic heterocycles. The molecule has 2 aliphatic rings. The fraction of sp³-hybridized carbons (Fsp3) is 0.340. The van der Waals surface area contributed by atoms with Crippen molar-refractivity contribution in [3.05, 3.63) is 101 Å². The van der Waals surface area contributed by atoms with Gasteiger partial charge in [0.2, 0.25) is 5.91 Å². The Morgan fingerprint density at radius 1 is 1.00 bits per heavy atom. The Bertz CT molecular complexity index is 3090. The van der Waals surface area contributed by atoms with Gasteiger partial charge in [-0.2, -0.15) is 0 Å². The van der Waals surface area contributed by atoms with Gasteiger partial charge in [0.1, 0.15) is 43.7 Å². The number of hydrogen-bond donors (Lipinski definition) is 3. The topological polar surface area (TPSA) is 205 Å². The molecule has 18 heteroatoms. The molecule has 8 rings (SSSR count). The number of carbonyl (C=O) groups is 2. The highest BCUT2D eigenvalue weighted by molar-refractivity contribution is 7.13. The van der Waals surface area contributed by atoms with Crippen molar-refractivity contribution in [3.8, 4) is 63.8 Å². The lowest BCUT2D eigenvalue weighted by molar-refractivity contribution is -0.134. The van der Waals surface area contributed by atoms with Gasteiger partial charge in [-0.3, -0.25) is 9.59 Å². The predicted octanol–water partition coefficient (Wildman–Crippen LogP) is 6.43. The molecule has 4 unspecified atom stereocenters. The predicted molar refractivity (Wildman–Crippen MR) is 267 cm³/mol. The molecule has 2 amide bonds. The highest BCUT2D eigenvalue weighted by Crippen LogP contribution is 2.38. The van der Waals surface area contributed by atoms with E-state index in [1.165, 1.54) is 6.33 Å². The Morgan fingerprint density at radius 2 is 1.77 bits per heavy atom. The van der Waals surface area contributed by atoms with Gasteiger partial charge in [-0.05, 0) is 78.1 Å². The minimum Gasteiger partial charge on any atom is -0.487 e. The van der Waals surface area contributed by atoms with Crippen molar-refractivity contribution in [2.75, 3.05) is 58.6 Å². The molecule has 3 aromatic carbocycles. The molecule has 1 fully saturated rings. The first-order valence-corrected chi connectivity index (χ1v) is 23.7. The van der Waals surface area contributed by atoms with Crippen LogP contribution in [0.3, 0.4) is 0 Å². The number of aliphatic hydroxyl groups excluding tert-OH is 1. The van der Waals surface area contributed by atoms with Crippen LogP contribution in [-0.4, -0.2) is 113 Å². The van der Waals surface area contributed by atoms with E-state index in [1.807, 2.05) is 75.4 Å². The summed E-state index contributed by atoms with van der Waals surface area (Å²) in [6, 6.07) is 19.7. The summed E-state index contributed by atoms with van der Waals surface area (Å²) in [5.41, 5.74) is 5.38. The Hall–Kier alpha value is -7.79. The normalized spacial score (nSPS) is 17.6. The number of nitrogens with one attached hydrogen (secondary N) is 2. The first-order chi connectivity index (χ1) is 34.4. The molecule has 0 bridgehead atoms. The number of benzene rings is 3. The molecule has 6 aromatic rings. The van der Waals surface area contributed by atoms with E-state index in [9.17, 15) is 14.7 Å². The Labute approximate surface area is 415 Å². The lowest BCUT2D eigenvalue weighted by Crippen LogP contribution is -2.48. The van der Waals surface area contributed by atoms with E-state index in [2.05, 4.69) is 60.3 Å². The van der Waals surface area contributed by atoms with Crippen molar-refractivity contribution in [3.63, 3.8) is 0 Å². The first-order valence-electron chi connectivity index (χ1n) is 22.9. The largest absolute Gasteiger partial charge is 0.487 e. The van der Waals surface area contributed by atoms with E-state index in [-0.39, 0.29) is 63.0 Å². The number of thiazole rings is 1. The van der Waals surface area contributed by atoms with Crippen molar-refractivity contribution in [2.45, 2.75) is 57.7 Å². The average Bonchev–Trinajstić information content (AvgIpc) is 4.18. The number of amidine groups is 1. The molecule has 71 heavy (non-hydrogen) atoms. The van der Waals surface area contributed by atoms with Gasteiger partial charge in [0.05, 0.1) is 47.0 Å². The van der Waals surface area contributed by atoms with Crippen LogP contribution < -0.4 is 24.8 Å². The van der Waals surface area contributed by atoms with Crippen molar-refractivity contribution in [1.82, 2.24) is 30.3 Å². The SMILES string of the molecule is C#Cc1cccc(Nc2ncnc3cc(OCCOC)c(OCCOCC#CC#CCOc4cc(C(C(=O)N5CC(O)CC5C5=NC(C)(c6ccc(-c7scnc7C)cc6)C(=O)N5)C(C)C)on4)cc23)c1. The monoisotopic (exact) mass is 976 g/mol. The summed E-state index contributed by atoms with van der Waals surface area (Å²) in [5.74, 6) is 14.5. The lowest BCUT2D eigenvalue weighted by Gasteiger charge is -2.29. The number of methoxy groups -OCH3 is 1. The summed E-state index contributed by atoms with van der Waals surface area (Å²) in [6.45, 7) is 8.76. The van der Waals surface area contributed by atoms with E-state index >= 15 is 0 Å². The standard InChI is InChI=1S/C53H52N8O9S/c1-7-35-13-12-14-38(25-35)57-49-40-27-43(44(67-23-21-65-6)28-41(40)54-31-55-49)68-24-22-66-19-10-8-9-11-20-69-46-29-45(70-60-46)47(33(2)3)51(63)61-30-39(62)26-42(61)50-58-52(64)53(5,59-50)37-17-15-36(16-18-37)48-34(4)56-32-71-48/h1,12-18,25,27-29,31-33,39,42,47,62H,19-24,26,30H2,2-6H3,(H,54,55,57)(H,58,59,64). The summed E-state index contributed by atoms with van der Waals surface area (Å²) >= 11 is 1.55. The number of hydrogen-bond acceptors (Lipinski definition) is 16. The minimum absolute atomic E-state index is 0.0396. The molecule has 4 atom stereocenters. The first kappa shape index (κ1) is 49.6. The number of aliphatic hydroxyl groups is 1.